The minimum Gasteiger partial charge on any atom is -0.479 e. The van der Waals surface area contributed by atoms with E-state index in [1.54, 1.807) is 13.2 Å². The summed E-state index contributed by atoms with van der Waals surface area (Å²) in [6, 6.07) is 4.00. The molecule has 1 rings (SSSR count). The zero-order valence-corrected chi connectivity index (χ0v) is 11.7. The lowest BCUT2D eigenvalue weighted by Crippen LogP contribution is -2.34. The molecule has 0 radical (unpaired) electrons. The Morgan fingerprint density at radius 2 is 2.06 bits per heavy atom. The zero-order chi connectivity index (χ0) is 13.5. The summed E-state index contributed by atoms with van der Waals surface area (Å²) in [5, 5.41) is 3.35. The average Bonchev–Trinajstić information content (AvgIpc) is 2.38. The van der Waals surface area contributed by atoms with Gasteiger partial charge in [-0.25, -0.2) is 0 Å². The van der Waals surface area contributed by atoms with Gasteiger partial charge in [0.15, 0.2) is 0 Å². The van der Waals surface area contributed by atoms with E-state index < -0.39 is 0 Å². The molecule has 0 saturated heterocycles. The lowest BCUT2D eigenvalue weighted by atomic mass is 10.3. The molecular formula is C13H24N4O. The number of nitrogen functional groups attached to an aromatic ring is 1. The Bertz CT molecular complexity index is 366. The molecule has 0 aliphatic heterocycles. The van der Waals surface area contributed by atoms with Crippen LogP contribution in [0.5, 0.6) is 5.88 Å². The highest BCUT2D eigenvalue weighted by molar-refractivity contribution is 5.53. The topological polar surface area (TPSA) is 63.4 Å². The molecule has 0 spiro atoms. The molecule has 0 saturated carbocycles. The highest BCUT2D eigenvalue weighted by Gasteiger charge is 2.09. The van der Waals surface area contributed by atoms with Crippen LogP contribution in [0.25, 0.3) is 0 Å². The number of aromatic nitrogens is 1. The Hall–Kier alpha value is -1.49. The van der Waals surface area contributed by atoms with E-state index >= 15 is 0 Å². The zero-order valence-electron chi connectivity index (χ0n) is 11.7. The van der Waals surface area contributed by atoms with E-state index in [1.165, 1.54) is 0 Å². The van der Waals surface area contributed by atoms with Crippen LogP contribution in [0.4, 0.5) is 11.5 Å². The first-order valence-corrected chi connectivity index (χ1v) is 6.40. The molecule has 0 aliphatic rings. The molecular weight excluding hydrogens is 228 g/mol. The highest BCUT2D eigenvalue weighted by atomic mass is 16.5. The monoisotopic (exact) mass is 252 g/mol. The van der Waals surface area contributed by atoms with Gasteiger partial charge in [-0.1, -0.05) is 13.8 Å². The van der Waals surface area contributed by atoms with Crippen molar-refractivity contribution in [1.82, 2.24) is 9.88 Å². The lowest BCUT2D eigenvalue weighted by Gasteiger charge is -2.23. The number of methoxy groups -OCH3 is 1. The van der Waals surface area contributed by atoms with Gasteiger partial charge in [0.2, 0.25) is 5.88 Å². The molecule has 5 heteroatoms. The van der Waals surface area contributed by atoms with Crippen molar-refractivity contribution in [2.45, 2.75) is 26.8 Å². The van der Waals surface area contributed by atoms with Crippen LogP contribution < -0.4 is 15.8 Å². The van der Waals surface area contributed by atoms with E-state index in [9.17, 15) is 0 Å². The molecule has 5 nitrogen and oxygen atoms in total. The summed E-state index contributed by atoms with van der Waals surface area (Å²) in [5.41, 5.74) is 6.29. The van der Waals surface area contributed by atoms with Crippen LogP contribution in [0.2, 0.25) is 0 Å². The van der Waals surface area contributed by atoms with E-state index in [0.717, 1.165) is 25.5 Å². The Balaban J connectivity index is 2.61. The van der Waals surface area contributed by atoms with E-state index in [1.807, 2.05) is 6.07 Å². The fraction of sp³-hybridized carbons (Fsp3) is 0.615. The van der Waals surface area contributed by atoms with E-state index in [-0.39, 0.29) is 0 Å². The van der Waals surface area contributed by atoms with Crippen LogP contribution in [0.3, 0.4) is 0 Å². The van der Waals surface area contributed by atoms with Crippen molar-refractivity contribution >= 4 is 11.5 Å². The van der Waals surface area contributed by atoms with Crippen LogP contribution in [0.1, 0.15) is 20.8 Å². The van der Waals surface area contributed by atoms with Crippen molar-refractivity contribution in [1.29, 1.82) is 0 Å². The van der Waals surface area contributed by atoms with Crippen molar-refractivity contribution in [2.24, 2.45) is 0 Å². The predicted molar refractivity (Wildman–Crippen MR) is 76.1 cm³/mol. The van der Waals surface area contributed by atoms with E-state index in [4.69, 9.17) is 10.5 Å². The van der Waals surface area contributed by atoms with Crippen LogP contribution >= 0.6 is 0 Å². The number of hydrogen-bond acceptors (Lipinski definition) is 5. The van der Waals surface area contributed by atoms with Gasteiger partial charge in [-0.2, -0.15) is 4.98 Å². The molecule has 0 amide bonds. The number of rotatable bonds is 7. The van der Waals surface area contributed by atoms with Gasteiger partial charge in [-0.15, -0.1) is 0 Å². The summed E-state index contributed by atoms with van der Waals surface area (Å²) in [6.07, 6.45) is 0. The summed E-state index contributed by atoms with van der Waals surface area (Å²) in [6.45, 7) is 9.58. The molecule has 0 aromatic carbocycles. The third-order valence-electron chi connectivity index (χ3n) is 2.90. The van der Waals surface area contributed by atoms with Gasteiger partial charge in [0, 0.05) is 12.6 Å². The van der Waals surface area contributed by atoms with Crippen LogP contribution in [0.15, 0.2) is 12.1 Å². The summed E-state index contributed by atoms with van der Waals surface area (Å²) >= 11 is 0. The summed E-state index contributed by atoms with van der Waals surface area (Å²) in [5.74, 6) is 1.26. The molecule has 102 valence electrons. The molecule has 1 unspecified atom stereocenters. The Kier molecular flexibility index (Phi) is 5.71. The first kappa shape index (κ1) is 14.6. The number of hydrogen-bond donors (Lipinski definition) is 2. The van der Waals surface area contributed by atoms with Crippen molar-refractivity contribution in [3.63, 3.8) is 0 Å². The van der Waals surface area contributed by atoms with Gasteiger partial charge < -0.3 is 20.7 Å². The molecule has 0 aliphatic carbocycles. The van der Waals surface area contributed by atoms with Gasteiger partial charge in [-0.3, -0.25) is 0 Å². The van der Waals surface area contributed by atoms with Crippen molar-refractivity contribution in [2.75, 3.05) is 37.8 Å². The minimum absolute atomic E-state index is 0.325. The van der Waals surface area contributed by atoms with Gasteiger partial charge in [0.05, 0.1) is 12.8 Å². The second kappa shape index (κ2) is 7.06. The van der Waals surface area contributed by atoms with Crippen molar-refractivity contribution in [3.8, 4) is 5.88 Å². The molecule has 3 N–H and O–H groups in total. The average molecular weight is 252 g/mol. The van der Waals surface area contributed by atoms with Crippen LogP contribution in [-0.2, 0) is 0 Å². The summed E-state index contributed by atoms with van der Waals surface area (Å²) < 4.78 is 5.10. The first-order chi connectivity index (χ1) is 8.60. The third-order valence-corrected chi connectivity index (χ3v) is 2.90. The number of pyridine rings is 1. The predicted octanol–water partition coefficient (Wildman–Crippen LogP) is 1.81. The highest BCUT2D eigenvalue weighted by Crippen LogP contribution is 2.20. The Labute approximate surface area is 109 Å². The largest absolute Gasteiger partial charge is 0.479 e. The first-order valence-electron chi connectivity index (χ1n) is 6.40. The number of anilines is 2. The number of nitrogens with one attached hydrogen (secondary N) is 1. The van der Waals surface area contributed by atoms with Gasteiger partial charge >= 0.3 is 0 Å². The molecule has 1 aromatic rings. The maximum Gasteiger partial charge on any atom is 0.238 e. The van der Waals surface area contributed by atoms with Gasteiger partial charge in [-0.05, 0) is 32.1 Å². The summed E-state index contributed by atoms with van der Waals surface area (Å²) in [7, 11) is 1.57. The fourth-order valence-corrected chi connectivity index (χ4v) is 1.86. The van der Waals surface area contributed by atoms with Crippen LogP contribution in [-0.4, -0.2) is 42.7 Å². The molecule has 18 heavy (non-hydrogen) atoms. The number of ether oxygens (including phenoxy) is 1. The molecule has 1 heterocycles. The SMILES string of the molecule is CCN(CC)CC(C)Nc1ccc(N)c(OC)n1. The molecule has 0 bridgehead atoms. The Morgan fingerprint density at radius 3 is 2.61 bits per heavy atom. The number of likely N-dealkylation sites (N-methyl/N-ethyl adjacent to an activating group) is 1. The Morgan fingerprint density at radius 1 is 1.39 bits per heavy atom. The number of nitrogens with zero attached hydrogens (tertiary/aromatic N) is 2. The van der Waals surface area contributed by atoms with Gasteiger partial charge in [0.25, 0.3) is 0 Å². The standard InChI is InChI=1S/C13H24N4O/c1-5-17(6-2)9-10(3)15-12-8-7-11(14)13(16-12)18-4/h7-8,10H,5-6,9,14H2,1-4H3,(H,15,16). The minimum atomic E-state index is 0.325. The third kappa shape index (κ3) is 4.07. The molecule has 1 aromatic heterocycles. The quantitative estimate of drug-likeness (QED) is 0.775. The molecule has 1 atom stereocenters. The smallest absolute Gasteiger partial charge is 0.238 e. The van der Waals surface area contributed by atoms with Crippen molar-refractivity contribution < 1.29 is 4.74 Å². The number of nitrogens with two attached hydrogens (primary N) is 1. The van der Waals surface area contributed by atoms with E-state index in [0.29, 0.717) is 17.6 Å². The second-order valence-corrected chi connectivity index (χ2v) is 4.33. The molecule has 0 fully saturated rings. The maximum absolute atomic E-state index is 5.73. The van der Waals surface area contributed by atoms with E-state index in [2.05, 4.69) is 36.0 Å². The fourth-order valence-electron chi connectivity index (χ4n) is 1.86. The van der Waals surface area contributed by atoms with Crippen LogP contribution in [0, 0.1) is 0 Å². The second-order valence-electron chi connectivity index (χ2n) is 4.33. The van der Waals surface area contributed by atoms with Crippen molar-refractivity contribution in [3.05, 3.63) is 12.1 Å². The normalized spacial score (nSPS) is 12.5. The lowest BCUT2D eigenvalue weighted by molar-refractivity contribution is 0.294. The summed E-state index contributed by atoms with van der Waals surface area (Å²) in [4.78, 5) is 6.68. The van der Waals surface area contributed by atoms with Gasteiger partial charge in [0.1, 0.15) is 5.82 Å². The maximum atomic E-state index is 5.73.